The van der Waals surface area contributed by atoms with Gasteiger partial charge in [-0.05, 0) is 25.8 Å². The Kier molecular flexibility index (Phi) is 4.95. The van der Waals surface area contributed by atoms with Gasteiger partial charge in [-0.2, -0.15) is 0 Å². The molecule has 3 unspecified atom stereocenters. The lowest BCUT2D eigenvalue weighted by atomic mass is 9.96. The predicted octanol–water partition coefficient (Wildman–Crippen LogP) is 1.51. The van der Waals surface area contributed by atoms with Crippen LogP contribution in [0.5, 0.6) is 0 Å². The molecule has 1 aliphatic heterocycles. The van der Waals surface area contributed by atoms with Gasteiger partial charge in [-0.15, -0.1) is 0 Å². The topological polar surface area (TPSA) is 46.9 Å². The van der Waals surface area contributed by atoms with E-state index < -0.39 is 10.8 Å². The monoisotopic (exact) mass is 269 g/mol. The molecule has 1 fully saturated rings. The number of nitrogens with one attached hydrogen (secondary N) is 1. The van der Waals surface area contributed by atoms with E-state index in [2.05, 4.69) is 21.8 Å². The lowest BCUT2D eigenvalue weighted by Gasteiger charge is -2.24. The minimum absolute atomic E-state index is 0.254. The highest BCUT2D eigenvalue weighted by Crippen LogP contribution is 2.23. The van der Waals surface area contributed by atoms with Crippen molar-refractivity contribution in [2.75, 3.05) is 19.3 Å². The zero-order valence-electron chi connectivity index (χ0n) is 11.3. The van der Waals surface area contributed by atoms with Gasteiger partial charge in [0.2, 0.25) is 0 Å². The predicted molar refractivity (Wildman–Crippen MR) is 75.2 cm³/mol. The van der Waals surface area contributed by atoms with Crippen molar-refractivity contribution in [1.29, 1.82) is 0 Å². The normalized spacial score (nSPS) is 23.8. The summed E-state index contributed by atoms with van der Waals surface area (Å²) in [6.45, 7) is 5.17. The molecule has 4 nitrogen and oxygen atoms in total. The molecule has 0 aliphatic carbocycles. The maximum Gasteiger partial charge on any atom is 0.0948 e. The Hall–Kier alpha value is -0.680. The quantitative estimate of drug-likeness (QED) is 0.881. The molecule has 1 N–H and O–H groups in total. The number of nitrogens with zero attached hydrogens (tertiary/aromatic N) is 2. The van der Waals surface area contributed by atoms with E-state index in [-0.39, 0.29) is 5.25 Å². The van der Waals surface area contributed by atoms with Crippen LogP contribution in [0.4, 0.5) is 0 Å². The van der Waals surface area contributed by atoms with Crippen LogP contribution < -0.4 is 5.32 Å². The van der Waals surface area contributed by atoms with Gasteiger partial charge >= 0.3 is 0 Å². The first-order valence-corrected chi connectivity index (χ1v) is 8.33. The highest BCUT2D eigenvalue weighted by Gasteiger charge is 2.19. The summed E-state index contributed by atoms with van der Waals surface area (Å²) in [4.78, 5) is 4.28. The maximum atomic E-state index is 11.4. The van der Waals surface area contributed by atoms with Crippen LogP contribution in [0.15, 0.2) is 12.5 Å². The summed E-state index contributed by atoms with van der Waals surface area (Å²) in [7, 11) is -0.729. The van der Waals surface area contributed by atoms with Crippen LogP contribution in [0.1, 0.15) is 37.8 Å². The van der Waals surface area contributed by atoms with Crippen LogP contribution >= 0.6 is 0 Å². The van der Waals surface area contributed by atoms with E-state index >= 15 is 0 Å². The molecule has 5 heteroatoms. The smallest absolute Gasteiger partial charge is 0.0948 e. The minimum atomic E-state index is -0.729. The number of piperidine rings is 1. The average Bonchev–Trinajstić information content (AvgIpc) is 2.85. The Bertz CT molecular complexity index is 399. The lowest BCUT2D eigenvalue weighted by Crippen LogP contribution is -2.29. The van der Waals surface area contributed by atoms with Crippen LogP contribution in [0, 0.1) is 0 Å². The second-order valence-corrected chi connectivity index (χ2v) is 6.95. The van der Waals surface area contributed by atoms with Crippen molar-refractivity contribution in [1.82, 2.24) is 14.9 Å². The molecule has 1 aromatic rings. The molecular formula is C13H23N3OS. The van der Waals surface area contributed by atoms with Crippen molar-refractivity contribution < 1.29 is 4.21 Å². The Labute approximate surface area is 112 Å². The van der Waals surface area contributed by atoms with Crippen molar-refractivity contribution in [3.05, 3.63) is 18.2 Å². The largest absolute Gasteiger partial charge is 0.334 e. The highest BCUT2D eigenvalue weighted by atomic mass is 32.2. The van der Waals surface area contributed by atoms with Gasteiger partial charge in [0.25, 0.3) is 0 Å². The Balaban J connectivity index is 1.96. The van der Waals surface area contributed by atoms with E-state index in [0.29, 0.717) is 5.92 Å². The number of hydrogen-bond donors (Lipinski definition) is 1. The first-order chi connectivity index (χ1) is 8.68. The zero-order chi connectivity index (χ0) is 13.0. The second-order valence-electron chi connectivity index (χ2n) is 5.15. The molecule has 3 atom stereocenters. The number of hydrogen-bond acceptors (Lipinski definition) is 3. The van der Waals surface area contributed by atoms with E-state index in [1.54, 1.807) is 6.26 Å². The van der Waals surface area contributed by atoms with Crippen molar-refractivity contribution in [3.63, 3.8) is 0 Å². The van der Waals surface area contributed by atoms with Crippen LogP contribution in [-0.2, 0) is 17.3 Å². The first kappa shape index (κ1) is 13.7. The zero-order valence-corrected chi connectivity index (χ0v) is 12.1. The van der Waals surface area contributed by atoms with Gasteiger partial charge in [-0.25, -0.2) is 4.98 Å². The molecule has 18 heavy (non-hydrogen) atoms. The van der Waals surface area contributed by atoms with Crippen molar-refractivity contribution in [2.24, 2.45) is 0 Å². The number of aryl methyl sites for hydroxylation is 1. The summed E-state index contributed by atoms with van der Waals surface area (Å²) < 4.78 is 13.6. The number of rotatable bonds is 5. The molecule has 0 radical (unpaired) electrons. The maximum absolute atomic E-state index is 11.4. The van der Waals surface area contributed by atoms with Crippen LogP contribution in [0.2, 0.25) is 0 Å². The van der Waals surface area contributed by atoms with Gasteiger partial charge in [0.05, 0.1) is 6.33 Å². The van der Waals surface area contributed by atoms with Crippen LogP contribution in [-0.4, -0.2) is 38.4 Å². The standard InChI is InChI=1S/C13H23N3OS/c1-11(18(2)17)5-7-16-10-15-9-13(16)12-4-3-6-14-8-12/h9-12,14H,3-8H2,1-2H3. The summed E-state index contributed by atoms with van der Waals surface area (Å²) in [5, 5.41) is 3.70. The van der Waals surface area contributed by atoms with Crippen molar-refractivity contribution in [2.45, 2.75) is 43.9 Å². The molecule has 1 aliphatic rings. The minimum Gasteiger partial charge on any atom is -0.334 e. The molecule has 2 rings (SSSR count). The number of imidazole rings is 1. The molecule has 0 amide bonds. The third-order valence-corrected chi connectivity index (χ3v) is 5.17. The molecule has 1 aromatic heterocycles. The van der Waals surface area contributed by atoms with E-state index in [1.165, 1.54) is 18.5 Å². The second kappa shape index (κ2) is 6.48. The Morgan fingerprint density at radius 2 is 2.50 bits per heavy atom. The van der Waals surface area contributed by atoms with Gasteiger partial charge in [0, 0.05) is 53.2 Å². The molecule has 102 valence electrons. The average molecular weight is 269 g/mol. The van der Waals surface area contributed by atoms with E-state index in [1.807, 2.05) is 12.5 Å². The van der Waals surface area contributed by atoms with Gasteiger partial charge in [0.15, 0.2) is 0 Å². The highest BCUT2D eigenvalue weighted by molar-refractivity contribution is 7.84. The molecule has 0 spiro atoms. The molecule has 2 heterocycles. The van der Waals surface area contributed by atoms with Crippen molar-refractivity contribution in [3.8, 4) is 0 Å². The summed E-state index contributed by atoms with van der Waals surface area (Å²) in [5.74, 6) is 0.587. The Morgan fingerprint density at radius 3 is 3.17 bits per heavy atom. The van der Waals surface area contributed by atoms with E-state index in [4.69, 9.17) is 0 Å². The van der Waals surface area contributed by atoms with Gasteiger partial charge < -0.3 is 9.88 Å². The molecular weight excluding hydrogens is 246 g/mol. The van der Waals surface area contributed by atoms with Crippen LogP contribution in [0.3, 0.4) is 0 Å². The summed E-state index contributed by atoms with van der Waals surface area (Å²) in [6.07, 6.45) is 9.12. The fourth-order valence-corrected chi connectivity index (χ4v) is 2.89. The summed E-state index contributed by atoms with van der Waals surface area (Å²) in [6, 6.07) is 0. The summed E-state index contributed by atoms with van der Waals surface area (Å²) >= 11 is 0. The van der Waals surface area contributed by atoms with Gasteiger partial charge in [0.1, 0.15) is 0 Å². The molecule has 0 bridgehead atoms. The fraction of sp³-hybridized carbons (Fsp3) is 0.769. The summed E-state index contributed by atoms with van der Waals surface area (Å²) in [5.41, 5.74) is 1.33. The Morgan fingerprint density at radius 1 is 1.67 bits per heavy atom. The van der Waals surface area contributed by atoms with E-state index in [9.17, 15) is 4.21 Å². The van der Waals surface area contributed by atoms with Gasteiger partial charge in [-0.3, -0.25) is 4.21 Å². The van der Waals surface area contributed by atoms with Crippen LogP contribution in [0.25, 0.3) is 0 Å². The SMILES string of the molecule is CC(CCn1cncc1C1CCCNC1)S(C)=O. The molecule has 1 saturated heterocycles. The molecule has 0 saturated carbocycles. The third kappa shape index (κ3) is 3.42. The van der Waals surface area contributed by atoms with E-state index in [0.717, 1.165) is 26.1 Å². The molecule has 0 aromatic carbocycles. The third-order valence-electron chi connectivity index (χ3n) is 3.80. The van der Waals surface area contributed by atoms with Gasteiger partial charge in [-0.1, -0.05) is 6.92 Å². The van der Waals surface area contributed by atoms with Crippen molar-refractivity contribution >= 4 is 10.8 Å². The number of aromatic nitrogens is 2. The first-order valence-electron chi connectivity index (χ1n) is 6.71. The lowest BCUT2D eigenvalue weighted by molar-refractivity contribution is 0.438. The fourth-order valence-electron chi connectivity index (χ4n) is 2.45.